The first-order valence-corrected chi connectivity index (χ1v) is 6.66. The van der Waals surface area contributed by atoms with Gasteiger partial charge in [-0.05, 0) is 30.7 Å². The molecule has 0 aliphatic heterocycles. The van der Waals surface area contributed by atoms with E-state index in [0.717, 1.165) is 11.1 Å². The molecule has 2 aromatic rings. The van der Waals surface area contributed by atoms with Crippen molar-refractivity contribution < 1.29 is 5.11 Å². The van der Waals surface area contributed by atoms with Crippen LogP contribution in [0.3, 0.4) is 0 Å². The molecular formula is C16H15ClN2O. The molecule has 1 atom stereocenters. The first kappa shape index (κ1) is 14.4. The van der Waals surface area contributed by atoms with E-state index >= 15 is 0 Å². The van der Waals surface area contributed by atoms with Crippen LogP contribution < -0.4 is 5.32 Å². The zero-order chi connectivity index (χ0) is 14.5. The van der Waals surface area contributed by atoms with Crippen molar-refractivity contribution in [3.8, 4) is 6.07 Å². The first-order valence-electron chi connectivity index (χ1n) is 6.28. The fourth-order valence-corrected chi connectivity index (χ4v) is 2.14. The normalized spacial score (nSPS) is 11.7. The van der Waals surface area contributed by atoms with Crippen molar-refractivity contribution >= 4 is 17.3 Å². The number of nitrogens with zero attached hydrogens (tertiary/aromatic N) is 1. The zero-order valence-electron chi connectivity index (χ0n) is 11.1. The predicted molar refractivity (Wildman–Crippen MR) is 80.8 cm³/mol. The number of halogens is 1. The molecule has 0 fully saturated rings. The quantitative estimate of drug-likeness (QED) is 0.902. The van der Waals surface area contributed by atoms with Gasteiger partial charge in [-0.25, -0.2) is 0 Å². The number of aliphatic hydroxyl groups is 1. The molecule has 20 heavy (non-hydrogen) atoms. The average Bonchev–Trinajstić information content (AvgIpc) is 2.45. The fourth-order valence-electron chi connectivity index (χ4n) is 1.96. The molecule has 0 radical (unpaired) electrons. The number of hydrogen-bond donors (Lipinski definition) is 2. The van der Waals surface area contributed by atoms with Crippen LogP contribution in [0.25, 0.3) is 0 Å². The van der Waals surface area contributed by atoms with Gasteiger partial charge in [-0.15, -0.1) is 0 Å². The molecule has 0 saturated heterocycles. The number of rotatable bonds is 4. The Morgan fingerprint density at radius 2 is 2.10 bits per heavy atom. The van der Waals surface area contributed by atoms with Crippen LogP contribution in [0.1, 0.15) is 22.8 Å². The minimum atomic E-state index is -0.628. The van der Waals surface area contributed by atoms with Crippen molar-refractivity contribution in [3.63, 3.8) is 0 Å². The van der Waals surface area contributed by atoms with Crippen LogP contribution in [0.5, 0.6) is 0 Å². The van der Waals surface area contributed by atoms with E-state index in [1.54, 1.807) is 18.2 Å². The third kappa shape index (κ3) is 3.51. The lowest BCUT2D eigenvalue weighted by Crippen LogP contribution is -2.13. The summed E-state index contributed by atoms with van der Waals surface area (Å²) in [5, 5.41) is 22.8. The van der Waals surface area contributed by atoms with Gasteiger partial charge in [-0.1, -0.05) is 41.4 Å². The van der Waals surface area contributed by atoms with Crippen molar-refractivity contribution in [1.82, 2.24) is 0 Å². The smallest absolute Gasteiger partial charge is 0.101 e. The Kier molecular flexibility index (Phi) is 4.62. The highest BCUT2D eigenvalue weighted by Gasteiger charge is 2.09. The minimum absolute atomic E-state index is 0.333. The second kappa shape index (κ2) is 6.42. The van der Waals surface area contributed by atoms with Crippen molar-refractivity contribution in [2.45, 2.75) is 13.0 Å². The summed E-state index contributed by atoms with van der Waals surface area (Å²) in [4.78, 5) is 0. The van der Waals surface area contributed by atoms with E-state index in [4.69, 9.17) is 16.9 Å². The maximum Gasteiger partial charge on any atom is 0.101 e. The highest BCUT2D eigenvalue weighted by Crippen LogP contribution is 2.21. The molecule has 0 spiro atoms. The Hall–Kier alpha value is -2.02. The minimum Gasteiger partial charge on any atom is -0.387 e. The molecule has 0 aliphatic rings. The lowest BCUT2D eigenvalue weighted by atomic mass is 10.1. The molecule has 1 unspecified atom stereocenters. The second-order valence-corrected chi connectivity index (χ2v) is 5.05. The topological polar surface area (TPSA) is 56.0 Å². The lowest BCUT2D eigenvalue weighted by Gasteiger charge is -2.14. The molecule has 2 N–H and O–H groups in total. The molecule has 0 heterocycles. The largest absolute Gasteiger partial charge is 0.387 e. The Morgan fingerprint density at radius 1 is 1.30 bits per heavy atom. The van der Waals surface area contributed by atoms with Gasteiger partial charge < -0.3 is 10.4 Å². The third-order valence-corrected chi connectivity index (χ3v) is 3.25. The Balaban J connectivity index is 2.07. The van der Waals surface area contributed by atoms with Gasteiger partial charge >= 0.3 is 0 Å². The number of aliphatic hydroxyl groups excluding tert-OH is 1. The number of anilines is 1. The van der Waals surface area contributed by atoms with Crippen LogP contribution in [0.2, 0.25) is 5.02 Å². The van der Waals surface area contributed by atoms with E-state index in [1.165, 1.54) is 0 Å². The fraction of sp³-hybridized carbons (Fsp3) is 0.188. The van der Waals surface area contributed by atoms with Gasteiger partial charge in [0, 0.05) is 11.6 Å². The molecule has 2 aromatic carbocycles. The van der Waals surface area contributed by atoms with E-state index in [9.17, 15) is 5.11 Å². The van der Waals surface area contributed by atoms with Gasteiger partial charge in [0.25, 0.3) is 0 Å². The van der Waals surface area contributed by atoms with Gasteiger partial charge in [0.05, 0.1) is 17.4 Å². The summed E-state index contributed by atoms with van der Waals surface area (Å²) in [6.45, 7) is 2.32. The van der Waals surface area contributed by atoms with Gasteiger partial charge in [0.2, 0.25) is 0 Å². The predicted octanol–water partition coefficient (Wildman–Crippen LogP) is 3.67. The van der Waals surface area contributed by atoms with Crippen LogP contribution in [-0.2, 0) is 0 Å². The Bertz CT molecular complexity index is 649. The van der Waals surface area contributed by atoms with E-state index in [-0.39, 0.29) is 0 Å². The SMILES string of the molecule is Cc1cccc(C(O)CNc2ccc(Cl)cc2C#N)c1. The first-order chi connectivity index (χ1) is 9.60. The van der Waals surface area contributed by atoms with E-state index in [1.807, 2.05) is 31.2 Å². The zero-order valence-corrected chi connectivity index (χ0v) is 11.9. The second-order valence-electron chi connectivity index (χ2n) is 4.61. The summed E-state index contributed by atoms with van der Waals surface area (Å²) in [6.07, 6.45) is -0.628. The molecule has 0 aromatic heterocycles. The Labute approximate surface area is 123 Å². The molecule has 0 aliphatic carbocycles. The number of aryl methyl sites for hydroxylation is 1. The van der Waals surface area contributed by atoms with E-state index in [0.29, 0.717) is 22.8 Å². The molecule has 0 saturated carbocycles. The Morgan fingerprint density at radius 3 is 2.80 bits per heavy atom. The highest BCUT2D eigenvalue weighted by molar-refractivity contribution is 6.30. The summed E-state index contributed by atoms with van der Waals surface area (Å²) >= 11 is 5.84. The number of hydrogen-bond acceptors (Lipinski definition) is 3. The van der Waals surface area contributed by atoms with Crippen LogP contribution >= 0.6 is 11.6 Å². The molecule has 4 heteroatoms. The van der Waals surface area contributed by atoms with Crippen LogP contribution in [0, 0.1) is 18.3 Å². The number of nitriles is 1. The number of benzene rings is 2. The molecular weight excluding hydrogens is 272 g/mol. The summed E-state index contributed by atoms with van der Waals surface area (Å²) in [5.41, 5.74) is 3.09. The van der Waals surface area contributed by atoms with E-state index < -0.39 is 6.10 Å². The molecule has 0 amide bonds. The maximum absolute atomic E-state index is 10.2. The van der Waals surface area contributed by atoms with Gasteiger partial charge in [0.15, 0.2) is 0 Å². The summed E-state index contributed by atoms with van der Waals surface area (Å²) in [7, 11) is 0. The van der Waals surface area contributed by atoms with E-state index in [2.05, 4.69) is 11.4 Å². The average molecular weight is 287 g/mol. The van der Waals surface area contributed by atoms with Crippen molar-refractivity contribution in [2.24, 2.45) is 0 Å². The summed E-state index contributed by atoms with van der Waals surface area (Å²) < 4.78 is 0. The standard InChI is InChI=1S/C16H15ClN2O/c1-11-3-2-4-12(7-11)16(20)10-19-15-6-5-14(17)8-13(15)9-18/h2-8,16,19-20H,10H2,1H3. The van der Waals surface area contributed by atoms with Crippen molar-refractivity contribution in [3.05, 3.63) is 64.2 Å². The summed E-state index contributed by atoms with van der Waals surface area (Å²) in [5.74, 6) is 0. The summed E-state index contributed by atoms with van der Waals surface area (Å²) in [6, 6.07) is 14.9. The van der Waals surface area contributed by atoms with Gasteiger partial charge in [-0.2, -0.15) is 5.26 Å². The molecule has 102 valence electrons. The van der Waals surface area contributed by atoms with Gasteiger partial charge in [-0.3, -0.25) is 0 Å². The third-order valence-electron chi connectivity index (χ3n) is 3.01. The van der Waals surface area contributed by atoms with Crippen LogP contribution in [0.15, 0.2) is 42.5 Å². The monoisotopic (exact) mass is 286 g/mol. The van der Waals surface area contributed by atoms with Crippen molar-refractivity contribution in [1.29, 1.82) is 5.26 Å². The molecule has 3 nitrogen and oxygen atoms in total. The van der Waals surface area contributed by atoms with Crippen molar-refractivity contribution in [2.75, 3.05) is 11.9 Å². The van der Waals surface area contributed by atoms with Crippen LogP contribution in [0.4, 0.5) is 5.69 Å². The van der Waals surface area contributed by atoms with Crippen LogP contribution in [-0.4, -0.2) is 11.7 Å². The maximum atomic E-state index is 10.2. The lowest BCUT2D eigenvalue weighted by molar-refractivity contribution is 0.191. The molecule has 2 rings (SSSR count). The van der Waals surface area contributed by atoms with Gasteiger partial charge in [0.1, 0.15) is 6.07 Å². The molecule has 0 bridgehead atoms. The highest BCUT2D eigenvalue weighted by atomic mass is 35.5. The number of nitrogens with one attached hydrogen (secondary N) is 1.